The summed E-state index contributed by atoms with van der Waals surface area (Å²) in [6.07, 6.45) is -0.128. The number of hydrogen-bond acceptors (Lipinski definition) is 5. The van der Waals surface area contributed by atoms with Gasteiger partial charge >= 0.3 is 0 Å². The summed E-state index contributed by atoms with van der Waals surface area (Å²) in [5.41, 5.74) is -0.190. The number of aliphatic imine (C=N–C) groups is 1. The van der Waals surface area contributed by atoms with Gasteiger partial charge < -0.3 is 19.9 Å². The number of nitrogens with one attached hydrogen (secondary N) is 2. The minimum Gasteiger partial charge on any atom is -0.489 e. The minimum absolute atomic E-state index is 0. The van der Waals surface area contributed by atoms with E-state index in [2.05, 4.69) is 25.8 Å². The number of aromatic nitrogens is 2. The zero-order chi connectivity index (χ0) is 19.9. The molecule has 7 nitrogen and oxygen atoms in total. The highest BCUT2D eigenvalue weighted by atomic mass is 127. The van der Waals surface area contributed by atoms with Crippen LogP contribution in [0.4, 0.5) is 4.39 Å². The zero-order valence-corrected chi connectivity index (χ0v) is 19.3. The van der Waals surface area contributed by atoms with E-state index in [4.69, 9.17) is 9.26 Å². The van der Waals surface area contributed by atoms with Gasteiger partial charge in [0.1, 0.15) is 24.2 Å². The summed E-state index contributed by atoms with van der Waals surface area (Å²) < 4.78 is 24.0. The van der Waals surface area contributed by atoms with Crippen LogP contribution >= 0.6 is 24.0 Å². The molecule has 0 amide bonds. The van der Waals surface area contributed by atoms with Crippen LogP contribution < -0.4 is 15.4 Å². The smallest absolute Gasteiger partial charge is 0.232 e. The van der Waals surface area contributed by atoms with Gasteiger partial charge in [0.25, 0.3) is 0 Å². The van der Waals surface area contributed by atoms with Crippen molar-refractivity contribution >= 4 is 29.9 Å². The number of nitrogens with zero attached hydrogens (tertiary/aromatic N) is 3. The topological polar surface area (TPSA) is 84.6 Å². The van der Waals surface area contributed by atoms with Crippen molar-refractivity contribution in [1.82, 2.24) is 20.8 Å². The molecule has 0 radical (unpaired) electrons. The summed E-state index contributed by atoms with van der Waals surface area (Å²) in [6, 6.07) is 5.96. The molecule has 0 fully saturated rings. The number of guanidine groups is 1. The van der Waals surface area contributed by atoms with Gasteiger partial charge in [0.05, 0.1) is 6.54 Å². The maximum atomic E-state index is 12.9. The summed E-state index contributed by atoms with van der Waals surface area (Å²) in [6.45, 7) is 11.5. The van der Waals surface area contributed by atoms with Gasteiger partial charge in [0.2, 0.25) is 5.89 Å². The molecule has 1 aromatic heterocycles. The maximum absolute atomic E-state index is 12.9. The van der Waals surface area contributed by atoms with Crippen LogP contribution in [0, 0.1) is 5.82 Å². The summed E-state index contributed by atoms with van der Waals surface area (Å²) >= 11 is 0. The van der Waals surface area contributed by atoms with E-state index >= 15 is 0 Å². The van der Waals surface area contributed by atoms with E-state index in [0.29, 0.717) is 36.5 Å². The lowest BCUT2D eigenvalue weighted by molar-refractivity contribution is 0.223. The molecule has 0 saturated carbocycles. The van der Waals surface area contributed by atoms with Gasteiger partial charge in [0.15, 0.2) is 11.8 Å². The molecule has 9 heteroatoms. The van der Waals surface area contributed by atoms with Crippen LogP contribution in [0.25, 0.3) is 0 Å². The lowest BCUT2D eigenvalue weighted by atomic mass is 9.97. The fourth-order valence-electron chi connectivity index (χ4n) is 2.14. The van der Waals surface area contributed by atoms with Gasteiger partial charge in [-0.05, 0) is 38.1 Å². The fourth-order valence-corrected chi connectivity index (χ4v) is 2.14. The molecule has 2 rings (SSSR count). The summed E-state index contributed by atoms with van der Waals surface area (Å²) in [5.74, 6) is 2.09. The summed E-state index contributed by atoms with van der Waals surface area (Å²) in [7, 11) is 0. The van der Waals surface area contributed by atoms with Crippen molar-refractivity contribution in [1.29, 1.82) is 0 Å². The number of halogens is 2. The van der Waals surface area contributed by atoms with Crippen molar-refractivity contribution in [3.63, 3.8) is 0 Å². The molecule has 0 bridgehead atoms. The molecule has 0 aliphatic carbocycles. The highest BCUT2D eigenvalue weighted by Crippen LogP contribution is 2.19. The van der Waals surface area contributed by atoms with Crippen LogP contribution in [-0.2, 0) is 12.0 Å². The van der Waals surface area contributed by atoms with Gasteiger partial charge in [-0.3, -0.25) is 0 Å². The largest absolute Gasteiger partial charge is 0.489 e. The zero-order valence-electron chi connectivity index (χ0n) is 17.0. The SMILES string of the molecule is CCNC(=NCc1noc(C(C)(C)C)n1)NCC(C)Oc1ccc(F)cc1.I. The normalized spacial score (nSPS) is 12.9. The van der Waals surface area contributed by atoms with E-state index in [1.54, 1.807) is 12.1 Å². The van der Waals surface area contributed by atoms with Crippen LogP contribution in [0.5, 0.6) is 5.75 Å². The first-order valence-corrected chi connectivity index (χ1v) is 9.05. The third kappa shape index (κ3) is 7.99. The minimum atomic E-state index is -0.286. The molecular formula is C19H29FIN5O2. The van der Waals surface area contributed by atoms with Crippen molar-refractivity contribution in [2.24, 2.45) is 4.99 Å². The van der Waals surface area contributed by atoms with Gasteiger partial charge in [-0.25, -0.2) is 9.38 Å². The van der Waals surface area contributed by atoms with Gasteiger partial charge in [-0.2, -0.15) is 4.98 Å². The van der Waals surface area contributed by atoms with E-state index in [9.17, 15) is 4.39 Å². The Kier molecular flexibility index (Phi) is 9.63. The van der Waals surface area contributed by atoms with E-state index in [1.165, 1.54) is 12.1 Å². The Morgan fingerprint density at radius 1 is 1.25 bits per heavy atom. The highest BCUT2D eigenvalue weighted by Gasteiger charge is 2.21. The predicted molar refractivity (Wildman–Crippen MR) is 118 cm³/mol. The monoisotopic (exact) mass is 505 g/mol. The van der Waals surface area contributed by atoms with Crippen molar-refractivity contribution < 1.29 is 13.7 Å². The first-order chi connectivity index (χ1) is 12.8. The molecule has 0 aliphatic rings. The first-order valence-electron chi connectivity index (χ1n) is 9.05. The predicted octanol–water partition coefficient (Wildman–Crippen LogP) is 3.65. The Morgan fingerprint density at radius 2 is 1.93 bits per heavy atom. The molecule has 156 valence electrons. The quantitative estimate of drug-likeness (QED) is 0.340. The lowest BCUT2D eigenvalue weighted by Gasteiger charge is -2.17. The molecule has 2 aromatic rings. The van der Waals surface area contributed by atoms with E-state index in [1.807, 2.05) is 34.6 Å². The van der Waals surface area contributed by atoms with Gasteiger partial charge in [0, 0.05) is 12.0 Å². The Labute approximate surface area is 182 Å². The van der Waals surface area contributed by atoms with Crippen LogP contribution in [0.2, 0.25) is 0 Å². The number of hydrogen-bond donors (Lipinski definition) is 2. The van der Waals surface area contributed by atoms with Crippen molar-refractivity contribution in [3.05, 3.63) is 41.8 Å². The van der Waals surface area contributed by atoms with E-state index in [0.717, 1.165) is 6.54 Å². The molecule has 1 unspecified atom stereocenters. The lowest BCUT2D eigenvalue weighted by Crippen LogP contribution is -2.41. The molecule has 0 spiro atoms. The third-order valence-electron chi connectivity index (χ3n) is 3.54. The van der Waals surface area contributed by atoms with Crippen LogP contribution in [0.1, 0.15) is 46.3 Å². The molecule has 0 saturated heterocycles. The van der Waals surface area contributed by atoms with Crippen LogP contribution in [0.15, 0.2) is 33.8 Å². The third-order valence-corrected chi connectivity index (χ3v) is 3.54. The van der Waals surface area contributed by atoms with Crippen molar-refractivity contribution in [3.8, 4) is 5.75 Å². The molecule has 1 heterocycles. The molecule has 1 aromatic carbocycles. The summed E-state index contributed by atoms with van der Waals surface area (Å²) in [4.78, 5) is 8.85. The average molecular weight is 505 g/mol. The molecule has 2 N–H and O–H groups in total. The first kappa shape index (κ1) is 24.1. The standard InChI is InChI=1S/C19H28FN5O2.HI/c1-6-21-18(23-12-16-24-17(27-25-16)19(3,4)5)22-11-13(2)26-15-9-7-14(20)8-10-15;/h7-10,13H,6,11-12H2,1-5H3,(H2,21,22,23);1H. The van der Waals surface area contributed by atoms with E-state index < -0.39 is 0 Å². The molecule has 1 atom stereocenters. The molecule has 28 heavy (non-hydrogen) atoms. The van der Waals surface area contributed by atoms with Crippen LogP contribution in [-0.4, -0.2) is 35.3 Å². The Bertz CT molecular complexity index is 744. The van der Waals surface area contributed by atoms with Crippen molar-refractivity contribution in [2.75, 3.05) is 13.1 Å². The van der Waals surface area contributed by atoms with Crippen molar-refractivity contribution in [2.45, 2.75) is 52.7 Å². The summed E-state index contributed by atoms with van der Waals surface area (Å²) in [5, 5.41) is 10.3. The van der Waals surface area contributed by atoms with Crippen LogP contribution in [0.3, 0.4) is 0 Å². The number of ether oxygens (including phenoxy) is 1. The second-order valence-corrected chi connectivity index (χ2v) is 7.22. The fraction of sp³-hybridized carbons (Fsp3) is 0.526. The highest BCUT2D eigenvalue weighted by molar-refractivity contribution is 14.0. The second-order valence-electron chi connectivity index (χ2n) is 7.22. The average Bonchev–Trinajstić information content (AvgIpc) is 3.09. The second kappa shape index (κ2) is 11.2. The molecule has 0 aliphatic heterocycles. The van der Waals surface area contributed by atoms with Gasteiger partial charge in [-0.15, -0.1) is 24.0 Å². The maximum Gasteiger partial charge on any atom is 0.232 e. The molecular weight excluding hydrogens is 476 g/mol. The van der Waals surface area contributed by atoms with E-state index in [-0.39, 0.29) is 41.3 Å². The Balaban J connectivity index is 0.00000392. The number of benzene rings is 1. The van der Waals surface area contributed by atoms with Gasteiger partial charge in [-0.1, -0.05) is 25.9 Å². The Hall–Kier alpha value is -1.91. The number of rotatable bonds is 7. The Morgan fingerprint density at radius 3 is 2.50 bits per heavy atom.